The zero-order valence-corrected chi connectivity index (χ0v) is 11.3. The summed E-state index contributed by atoms with van der Waals surface area (Å²) in [5.41, 5.74) is 2.29. The normalized spacial score (nSPS) is 10.5. The number of hydrogen-bond acceptors (Lipinski definition) is 4. The first-order chi connectivity index (χ1) is 8.24. The van der Waals surface area contributed by atoms with Crippen molar-refractivity contribution in [1.82, 2.24) is 9.97 Å². The van der Waals surface area contributed by atoms with E-state index in [1.54, 1.807) is 11.3 Å². The van der Waals surface area contributed by atoms with Gasteiger partial charge in [-0.05, 0) is 24.8 Å². The van der Waals surface area contributed by atoms with Gasteiger partial charge >= 0.3 is 0 Å². The molecule has 1 N–H and O–H groups in total. The lowest BCUT2D eigenvalue weighted by Crippen LogP contribution is -2.07. The van der Waals surface area contributed by atoms with Crippen molar-refractivity contribution < 1.29 is 0 Å². The Hall–Kier alpha value is -1.42. The van der Waals surface area contributed by atoms with Gasteiger partial charge in [-0.15, -0.1) is 11.3 Å². The van der Waals surface area contributed by atoms with E-state index in [1.165, 1.54) is 10.4 Å². The van der Waals surface area contributed by atoms with Gasteiger partial charge in [-0.25, -0.2) is 9.97 Å². The van der Waals surface area contributed by atoms with Crippen LogP contribution in [0.2, 0.25) is 0 Å². The van der Waals surface area contributed by atoms with Crippen molar-refractivity contribution in [1.29, 1.82) is 0 Å². The van der Waals surface area contributed by atoms with Crippen LogP contribution in [0.5, 0.6) is 0 Å². The maximum atomic E-state index is 4.58. The first kappa shape index (κ1) is 12.0. The molecule has 0 unspecified atom stereocenters. The van der Waals surface area contributed by atoms with Crippen LogP contribution in [0.1, 0.15) is 28.9 Å². The first-order valence-corrected chi connectivity index (χ1v) is 6.69. The molecule has 0 aliphatic rings. The zero-order valence-electron chi connectivity index (χ0n) is 10.4. The predicted octanol–water partition coefficient (Wildman–Crippen LogP) is 3.04. The number of anilines is 1. The molecule has 4 heteroatoms. The highest BCUT2D eigenvalue weighted by atomic mass is 32.1. The largest absolute Gasteiger partial charge is 0.373 e. The summed E-state index contributed by atoms with van der Waals surface area (Å²) in [5, 5.41) is 5.24. The van der Waals surface area contributed by atoms with E-state index < -0.39 is 0 Å². The van der Waals surface area contributed by atoms with Crippen LogP contribution in [-0.2, 0) is 12.8 Å². The molecule has 0 bridgehead atoms. The third-order valence-electron chi connectivity index (χ3n) is 2.76. The molecule has 17 heavy (non-hydrogen) atoms. The number of thiophene rings is 1. The number of aryl methyl sites for hydroxylation is 1. The van der Waals surface area contributed by atoms with E-state index in [1.807, 2.05) is 7.05 Å². The SMILES string of the molecule is CCc1c(C)nc(Cc2cccs2)nc1NC. The Morgan fingerprint density at radius 3 is 2.76 bits per heavy atom. The van der Waals surface area contributed by atoms with Crippen molar-refractivity contribution in [2.45, 2.75) is 26.7 Å². The lowest BCUT2D eigenvalue weighted by Gasteiger charge is -2.11. The number of nitrogens with zero attached hydrogens (tertiary/aromatic N) is 2. The molecule has 0 saturated carbocycles. The molecular weight excluding hydrogens is 230 g/mol. The quantitative estimate of drug-likeness (QED) is 0.902. The lowest BCUT2D eigenvalue weighted by molar-refractivity contribution is 0.914. The summed E-state index contributed by atoms with van der Waals surface area (Å²) >= 11 is 1.75. The second kappa shape index (κ2) is 5.27. The van der Waals surface area contributed by atoms with E-state index in [-0.39, 0.29) is 0 Å². The molecule has 0 aliphatic carbocycles. The summed E-state index contributed by atoms with van der Waals surface area (Å²) < 4.78 is 0. The molecule has 90 valence electrons. The maximum Gasteiger partial charge on any atom is 0.136 e. The lowest BCUT2D eigenvalue weighted by atomic mass is 10.1. The van der Waals surface area contributed by atoms with Crippen molar-refractivity contribution in [2.75, 3.05) is 12.4 Å². The van der Waals surface area contributed by atoms with Crippen LogP contribution < -0.4 is 5.32 Å². The molecule has 0 aliphatic heterocycles. The van der Waals surface area contributed by atoms with Crippen LogP contribution in [0.15, 0.2) is 17.5 Å². The van der Waals surface area contributed by atoms with Gasteiger partial charge in [0.2, 0.25) is 0 Å². The highest BCUT2D eigenvalue weighted by Crippen LogP contribution is 2.19. The number of aromatic nitrogens is 2. The van der Waals surface area contributed by atoms with E-state index in [9.17, 15) is 0 Å². The minimum absolute atomic E-state index is 0.817. The summed E-state index contributed by atoms with van der Waals surface area (Å²) in [6, 6.07) is 4.18. The zero-order chi connectivity index (χ0) is 12.3. The summed E-state index contributed by atoms with van der Waals surface area (Å²) in [4.78, 5) is 10.5. The molecule has 2 aromatic heterocycles. The van der Waals surface area contributed by atoms with Crippen molar-refractivity contribution in [3.05, 3.63) is 39.5 Å². The highest BCUT2D eigenvalue weighted by molar-refractivity contribution is 7.09. The Morgan fingerprint density at radius 1 is 1.35 bits per heavy atom. The van der Waals surface area contributed by atoms with E-state index in [0.717, 1.165) is 30.2 Å². The van der Waals surface area contributed by atoms with Crippen LogP contribution in [0.3, 0.4) is 0 Å². The fourth-order valence-corrected chi connectivity index (χ4v) is 2.63. The Kier molecular flexibility index (Phi) is 3.74. The highest BCUT2D eigenvalue weighted by Gasteiger charge is 2.09. The molecule has 0 saturated heterocycles. The van der Waals surface area contributed by atoms with Crippen molar-refractivity contribution in [3.8, 4) is 0 Å². The van der Waals surface area contributed by atoms with Gasteiger partial charge in [0.25, 0.3) is 0 Å². The van der Waals surface area contributed by atoms with Crippen molar-refractivity contribution in [2.24, 2.45) is 0 Å². The minimum Gasteiger partial charge on any atom is -0.373 e. The third-order valence-corrected chi connectivity index (χ3v) is 3.64. The average molecular weight is 247 g/mol. The summed E-state index contributed by atoms with van der Waals surface area (Å²) in [6.45, 7) is 4.19. The van der Waals surface area contributed by atoms with E-state index in [2.05, 4.69) is 46.6 Å². The van der Waals surface area contributed by atoms with Crippen LogP contribution in [0.25, 0.3) is 0 Å². The topological polar surface area (TPSA) is 37.8 Å². The third kappa shape index (κ3) is 2.64. The Morgan fingerprint density at radius 2 is 2.18 bits per heavy atom. The van der Waals surface area contributed by atoms with Crippen LogP contribution in [0, 0.1) is 6.92 Å². The van der Waals surface area contributed by atoms with Gasteiger partial charge in [0.05, 0.1) is 0 Å². The summed E-state index contributed by atoms with van der Waals surface area (Å²) in [7, 11) is 1.91. The second-order valence-corrected chi connectivity index (χ2v) is 4.94. The monoisotopic (exact) mass is 247 g/mol. The second-order valence-electron chi connectivity index (χ2n) is 3.91. The van der Waals surface area contributed by atoms with Crippen LogP contribution >= 0.6 is 11.3 Å². The van der Waals surface area contributed by atoms with E-state index in [0.29, 0.717) is 0 Å². The molecule has 0 radical (unpaired) electrons. The standard InChI is InChI=1S/C13H17N3S/c1-4-11-9(2)15-12(16-13(11)14-3)8-10-6-5-7-17-10/h5-7H,4,8H2,1-3H3,(H,14,15,16). The molecule has 0 spiro atoms. The van der Waals surface area contributed by atoms with Crippen LogP contribution in [0.4, 0.5) is 5.82 Å². The fourth-order valence-electron chi connectivity index (χ4n) is 1.93. The maximum absolute atomic E-state index is 4.58. The molecule has 3 nitrogen and oxygen atoms in total. The van der Waals surface area contributed by atoms with Gasteiger partial charge in [0.1, 0.15) is 11.6 Å². The van der Waals surface area contributed by atoms with Crippen molar-refractivity contribution >= 4 is 17.2 Å². The molecule has 0 atom stereocenters. The number of hydrogen-bond donors (Lipinski definition) is 1. The van der Waals surface area contributed by atoms with Gasteiger partial charge in [-0.1, -0.05) is 13.0 Å². The predicted molar refractivity (Wildman–Crippen MR) is 72.8 cm³/mol. The van der Waals surface area contributed by atoms with Gasteiger partial charge in [-0.2, -0.15) is 0 Å². The number of nitrogens with one attached hydrogen (secondary N) is 1. The molecular formula is C13H17N3S. The van der Waals surface area contributed by atoms with Gasteiger partial charge in [0.15, 0.2) is 0 Å². The number of rotatable bonds is 4. The van der Waals surface area contributed by atoms with Crippen molar-refractivity contribution in [3.63, 3.8) is 0 Å². The molecule has 2 heterocycles. The molecule has 2 rings (SSSR count). The minimum atomic E-state index is 0.817. The smallest absolute Gasteiger partial charge is 0.136 e. The Bertz CT molecular complexity index is 492. The van der Waals surface area contributed by atoms with Gasteiger partial charge in [0, 0.05) is 29.6 Å². The molecule has 0 amide bonds. The van der Waals surface area contributed by atoms with Crippen LogP contribution in [-0.4, -0.2) is 17.0 Å². The molecule has 0 fully saturated rings. The van der Waals surface area contributed by atoms with E-state index >= 15 is 0 Å². The Balaban J connectivity index is 2.33. The molecule has 0 aromatic carbocycles. The Labute approximate surface area is 106 Å². The average Bonchev–Trinajstić information content (AvgIpc) is 2.81. The van der Waals surface area contributed by atoms with E-state index in [4.69, 9.17) is 0 Å². The summed E-state index contributed by atoms with van der Waals surface area (Å²) in [5.74, 6) is 1.86. The first-order valence-electron chi connectivity index (χ1n) is 5.81. The molecule has 2 aromatic rings. The fraction of sp³-hybridized carbons (Fsp3) is 0.385. The summed E-state index contributed by atoms with van der Waals surface area (Å²) in [6.07, 6.45) is 1.78. The van der Waals surface area contributed by atoms with Gasteiger partial charge in [-0.3, -0.25) is 0 Å². The van der Waals surface area contributed by atoms with Gasteiger partial charge < -0.3 is 5.32 Å².